The van der Waals surface area contributed by atoms with E-state index in [9.17, 15) is 10.1 Å². The van der Waals surface area contributed by atoms with Gasteiger partial charge in [0.15, 0.2) is 11.7 Å². The van der Waals surface area contributed by atoms with Gasteiger partial charge in [-0.2, -0.15) is 5.26 Å². The highest BCUT2D eigenvalue weighted by atomic mass is 32.1. The van der Waals surface area contributed by atoms with Crippen LogP contribution in [0.3, 0.4) is 0 Å². The molecule has 3 aromatic rings. The van der Waals surface area contributed by atoms with Gasteiger partial charge in [-0.3, -0.25) is 9.78 Å². The number of fused-ring (bicyclic) bond motifs is 1. The van der Waals surface area contributed by atoms with E-state index < -0.39 is 5.92 Å². The highest BCUT2D eigenvalue weighted by molar-refractivity contribution is 7.10. The number of rotatable bonds is 4. The lowest BCUT2D eigenvalue weighted by Crippen LogP contribution is -2.12. The van der Waals surface area contributed by atoms with Crippen LogP contribution in [-0.2, 0) is 0 Å². The van der Waals surface area contributed by atoms with Gasteiger partial charge in [-0.1, -0.05) is 0 Å². The van der Waals surface area contributed by atoms with Gasteiger partial charge >= 0.3 is 0 Å². The maximum atomic E-state index is 13.0. The molecule has 0 aliphatic rings. The first-order chi connectivity index (χ1) is 11.5. The van der Waals surface area contributed by atoms with Gasteiger partial charge in [0.2, 0.25) is 0 Å². The average molecular weight is 337 g/mol. The van der Waals surface area contributed by atoms with Crippen LogP contribution in [0.5, 0.6) is 5.75 Å². The third-order valence-electron chi connectivity index (χ3n) is 3.68. The van der Waals surface area contributed by atoms with Crippen molar-refractivity contribution in [3.8, 4) is 11.8 Å². The number of methoxy groups -OCH3 is 1. The fraction of sp³-hybridized carbons (Fsp3) is 0.222. The molecule has 120 valence electrons. The van der Waals surface area contributed by atoms with Gasteiger partial charge in [0.25, 0.3) is 0 Å². The number of hydrogen-bond acceptors (Lipinski definition) is 6. The molecule has 24 heavy (non-hydrogen) atoms. The zero-order valence-corrected chi connectivity index (χ0v) is 14.3. The van der Waals surface area contributed by atoms with Gasteiger partial charge in [0.1, 0.15) is 10.8 Å². The minimum absolute atomic E-state index is 0.268. The van der Waals surface area contributed by atoms with Crippen LogP contribution in [0.1, 0.15) is 32.7 Å². The minimum atomic E-state index is -0.917. The number of aromatic nitrogens is 2. The fourth-order valence-electron chi connectivity index (χ4n) is 2.55. The first-order valence-electron chi connectivity index (χ1n) is 7.34. The number of thiazole rings is 1. The summed E-state index contributed by atoms with van der Waals surface area (Å²) in [7, 11) is 1.57. The lowest BCUT2D eigenvalue weighted by atomic mass is 9.95. The topological polar surface area (TPSA) is 75.9 Å². The third kappa shape index (κ3) is 2.86. The van der Waals surface area contributed by atoms with E-state index in [1.54, 1.807) is 25.3 Å². The van der Waals surface area contributed by atoms with Crippen molar-refractivity contribution in [2.75, 3.05) is 7.11 Å². The highest BCUT2D eigenvalue weighted by Crippen LogP contribution is 2.29. The summed E-state index contributed by atoms with van der Waals surface area (Å²) in [6.45, 7) is 3.67. The first kappa shape index (κ1) is 16.1. The van der Waals surface area contributed by atoms with Crippen LogP contribution in [0, 0.1) is 25.2 Å². The monoisotopic (exact) mass is 337 g/mol. The number of carbonyl (C=O) groups excluding carboxylic acids is 1. The summed E-state index contributed by atoms with van der Waals surface area (Å²) in [6, 6.07) is 9.19. The molecule has 1 atom stereocenters. The van der Waals surface area contributed by atoms with E-state index in [4.69, 9.17) is 4.74 Å². The summed E-state index contributed by atoms with van der Waals surface area (Å²) in [6.07, 6.45) is 0. The Morgan fingerprint density at radius 1 is 1.25 bits per heavy atom. The van der Waals surface area contributed by atoms with E-state index in [-0.39, 0.29) is 5.78 Å². The number of benzene rings is 1. The second-order valence-electron chi connectivity index (χ2n) is 5.45. The van der Waals surface area contributed by atoms with Gasteiger partial charge in [0.05, 0.1) is 18.7 Å². The van der Waals surface area contributed by atoms with E-state index in [1.165, 1.54) is 11.3 Å². The van der Waals surface area contributed by atoms with Crippen molar-refractivity contribution < 1.29 is 9.53 Å². The summed E-state index contributed by atoms with van der Waals surface area (Å²) >= 11 is 1.33. The molecule has 0 bridgehead atoms. The lowest BCUT2D eigenvalue weighted by Gasteiger charge is -2.11. The van der Waals surface area contributed by atoms with Crippen LogP contribution in [0.25, 0.3) is 10.9 Å². The van der Waals surface area contributed by atoms with E-state index in [2.05, 4.69) is 16.0 Å². The van der Waals surface area contributed by atoms with Crippen molar-refractivity contribution in [2.45, 2.75) is 19.8 Å². The molecule has 0 aliphatic carbocycles. The van der Waals surface area contributed by atoms with Crippen molar-refractivity contribution in [1.82, 2.24) is 9.97 Å². The molecule has 0 spiro atoms. The van der Waals surface area contributed by atoms with Gasteiger partial charge in [-0.15, -0.1) is 11.3 Å². The van der Waals surface area contributed by atoms with E-state index >= 15 is 0 Å². The summed E-state index contributed by atoms with van der Waals surface area (Å²) in [4.78, 5) is 21.8. The molecule has 6 heteroatoms. The van der Waals surface area contributed by atoms with Crippen molar-refractivity contribution in [3.05, 3.63) is 51.6 Å². The maximum Gasteiger partial charge on any atom is 0.187 e. The van der Waals surface area contributed by atoms with Crippen LogP contribution in [0.15, 0.2) is 29.6 Å². The van der Waals surface area contributed by atoms with Crippen LogP contribution < -0.4 is 4.74 Å². The summed E-state index contributed by atoms with van der Waals surface area (Å²) in [5, 5.41) is 12.6. The zero-order chi connectivity index (χ0) is 17.3. The number of aryl methyl sites for hydroxylation is 2. The highest BCUT2D eigenvalue weighted by Gasteiger charge is 2.26. The molecule has 1 aromatic carbocycles. The van der Waals surface area contributed by atoms with Crippen LogP contribution >= 0.6 is 11.3 Å². The predicted octanol–water partition coefficient (Wildman–Crippen LogP) is 3.81. The molecule has 1 unspecified atom stereocenters. The Labute approximate surface area is 143 Å². The molecule has 2 aromatic heterocycles. The average Bonchev–Trinajstić information content (AvgIpc) is 3.00. The van der Waals surface area contributed by atoms with Crippen molar-refractivity contribution in [3.63, 3.8) is 0 Å². The number of pyridine rings is 1. The van der Waals surface area contributed by atoms with Gasteiger partial charge in [-0.25, -0.2) is 4.98 Å². The summed E-state index contributed by atoms with van der Waals surface area (Å²) in [5.74, 6) is -0.545. The third-order valence-corrected chi connectivity index (χ3v) is 4.71. The van der Waals surface area contributed by atoms with Crippen molar-refractivity contribution in [1.29, 1.82) is 5.26 Å². The Kier molecular flexibility index (Phi) is 4.28. The molecule has 0 N–H and O–H groups in total. The molecule has 2 heterocycles. The van der Waals surface area contributed by atoms with Crippen LogP contribution in [0.4, 0.5) is 0 Å². The number of carbonyl (C=O) groups is 1. The van der Waals surface area contributed by atoms with Gasteiger partial charge in [-0.05, 0) is 38.1 Å². The molecular weight excluding hydrogens is 322 g/mol. The quantitative estimate of drug-likeness (QED) is 0.677. The Morgan fingerprint density at radius 3 is 2.67 bits per heavy atom. The van der Waals surface area contributed by atoms with Gasteiger partial charge < -0.3 is 4.74 Å². The minimum Gasteiger partial charge on any atom is -0.497 e. The maximum absolute atomic E-state index is 13.0. The van der Waals surface area contributed by atoms with Gasteiger partial charge in [0, 0.05) is 27.7 Å². The number of nitrogens with zero attached hydrogens (tertiary/aromatic N) is 3. The largest absolute Gasteiger partial charge is 0.497 e. The fourth-order valence-corrected chi connectivity index (χ4v) is 3.39. The number of nitriles is 1. The van der Waals surface area contributed by atoms with E-state index in [1.807, 2.05) is 25.3 Å². The predicted molar refractivity (Wildman–Crippen MR) is 92.6 cm³/mol. The summed E-state index contributed by atoms with van der Waals surface area (Å²) in [5.41, 5.74) is 2.70. The molecule has 0 radical (unpaired) electrons. The number of ether oxygens (including phenoxy) is 1. The van der Waals surface area contributed by atoms with E-state index in [0.717, 1.165) is 11.4 Å². The second kappa shape index (κ2) is 6.38. The Morgan fingerprint density at radius 2 is 2.04 bits per heavy atom. The molecule has 0 aliphatic heterocycles. The van der Waals surface area contributed by atoms with Crippen LogP contribution in [0.2, 0.25) is 0 Å². The van der Waals surface area contributed by atoms with E-state index in [0.29, 0.717) is 27.2 Å². The molecule has 3 rings (SSSR count). The van der Waals surface area contributed by atoms with Crippen LogP contribution in [-0.4, -0.2) is 22.9 Å². The number of hydrogen-bond donors (Lipinski definition) is 0. The standard InChI is InChI=1S/C18H15N3O2S/c1-10-6-14(13-7-12(23-3)4-5-16(13)20-10)17(22)15(8-19)18-21-11(2)9-24-18/h4-7,9,15H,1-3H3. The Hall–Kier alpha value is -2.78. The molecular formula is C18H15N3O2S. The normalized spacial score (nSPS) is 11.9. The summed E-state index contributed by atoms with van der Waals surface area (Å²) < 4.78 is 5.25. The second-order valence-corrected chi connectivity index (χ2v) is 6.34. The number of ketones is 1. The Bertz CT molecular complexity index is 972. The molecule has 0 saturated heterocycles. The SMILES string of the molecule is COc1ccc2nc(C)cc(C(=O)C(C#N)c3nc(C)cs3)c2c1. The molecule has 5 nitrogen and oxygen atoms in total. The molecule has 0 fully saturated rings. The lowest BCUT2D eigenvalue weighted by molar-refractivity contribution is 0.0980. The van der Waals surface area contributed by atoms with Crippen molar-refractivity contribution >= 4 is 28.0 Å². The van der Waals surface area contributed by atoms with Crippen molar-refractivity contribution in [2.24, 2.45) is 0 Å². The molecule has 0 saturated carbocycles. The molecule has 0 amide bonds. The zero-order valence-electron chi connectivity index (χ0n) is 13.5. The smallest absolute Gasteiger partial charge is 0.187 e. The Balaban J connectivity index is 2.16. The first-order valence-corrected chi connectivity index (χ1v) is 8.22. The number of Topliss-reactive ketones (excluding diaryl/α,β-unsaturated/α-hetero) is 1.